The number of rotatable bonds is 2. The van der Waals surface area contributed by atoms with E-state index in [0.717, 1.165) is 6.42 Å². The largest absolute Gasteiger partial charge is 0.481 e. The topological polar surface area (TPSA) is 37.3 Å². The van der Waals surface area contributed by atoms with Crippen molar-refractivity contribution in [2.24, 2.45) is 11.3 Å². The Kier molecular flexibility index (Phi) is 2.80. The first-order valence-corrected chi connectivity index (χ1v) is 5.92. The summed E-state index contributed by atoms with van der Waals surface area (Å²) in [5.41, 5.74) is 0.568. The Morgan fingerprint density at radius 1 is 1.21 bits per heavy atom. The van der Waals surface area contributed by atoms with E-state index in [2.05, 4.69) is 0 Å². The highest BCUT2D eigenvalue weighted by molar-refractivity contribution is 5.67. The second kappa shape index (κ2) is 3.92. The number of hydrogen-bond acceptors (Lipinski definition) is 1. The molecule has 0 heterocycles. The molecule has 2 aliphatic rings. The number of carboxylic acids is 1. The molecular formula is C12H20O2. The summed E-state index contributed by atoms with van der Waals surface area (Å²) in [6.07, 6.45) is 10.8. The fraction of sp³-hybridized carbons (Fsp3) is 0.917. The van der Waals surface area contributed by atoms with E-state index in [9.17, 15) is 4.79 Å². The SMILES string of the molecule is O=C(O)CC1CCCC2(CCCC2)C1. The van der Waals surface area contributed by atoms with Crippen LogP contribution >= 0.6 is 0 Å². The fourth-order valence-corrected chi connectivity index (χ4v) is 3.58. The number of carboxylic acid groups (broad SMARTS) is 1. The first kappa shape index (κ1) is 10.0. The molecule has 0 amide bonds. The third kappa shape index (κ3) is 2.10. The lowest BCUT2D eigenvalue weighted by molar-refractivity contribution is -0.138. The molecule has 0 aliphatic heterocycles. The molecule has 2 aliphatic carbocycles. The average molecular weight is 196 g/mol. The third-order valence-corrected chi connectivity index (χ3v) is 4.17. The Balaban J connectivity index is 1.93. The van der Waals surface area contributed by atoms with Crippen LogP contribution < -0.4 is 0 Å². The third-order valence-electron chi connectivity index (χ3n) is 4.17. The Labute approximate surface area is 85.7 Å². The van der Waals surface area contributed by atoms with Crippen molar-refractivity contribution in [2.75, 3.05) is 0 Å². The van der Waals surface area contributed by atoms with E-state index in [-0.39, 0.29) is 0 Å². The number of hydrogen-bond donors (Lipinski definition) is 1. The summed E-state index contributed by atoms with van der Waals surface area (Å²) in [5.74, 6) is -0.135. The molecule has 0 radical (unpaired) electrons. The molecule has 0 bridgehead atoms. The highest BCUT2D eigenvalue weighted by Gasteiger charge is 2.38. The lowest BCUT2D eigenvalue weighted by atomic mass is 9.68. The first-order chi connectivity index (χ1) is 6.70. The van der Waals surface area contributed by atoms with Crippen molar-refractivity contribution < 1.29 is 9.90 Å². The van der Waals surface area contributed by atoms with Crippen LogP contribution in [-0.4, -0.2) is 11.1 Å². The van der Waals surface area contributed by atoms with Crippen LogP contribution in [0.3, 0.4) is 0 Å². The van der Waals surface area contributed by atoms with Gasteiger partial charge in [-0.15, -0.1) is 0 Å². The predicted octanol–water partition coefficient (Wildman–Crippen LogP) is 3.21. The summed E-state index contributed by atoms with van der Waals surface area (Å²) >= 11 is 0. The van der Waals surface area contributed by atoms with Gasteiger partial charge in [-0.2, -0.15) is 0 Å². The smallest absolute Gasteiger partial charge is 0.303 e. The summed E-state index contributed by atoms with van der Waals surface area (Å²) in [6, 6.07) is 0. The molecule has 1 unspecified atom stereocenters. The quantitative estimate of drug-likeness (QED) is 0.736. The Bertz CT molecular complexity index is 216. The summed E-state index contributed by atoms with van der Waals surface area (Å²) in [7, 11) is 0. The van der Waals surface area contributed by atoms with Crippen LogP contribution in [0, 0.1) is 11.3 Å². The van der Waals surface area contributed by atoms with Crippen molar-refractivity contribution in [3.63, 3.8) is 0 Å². The van der Waals surface area contributed by atoms with Gasteiger partial charge in [0.25, 0.3) is 0 Å². The van der Waals surface area contributed by atoms with Gasteiger partial charge in [0.1, 0.15) is 0 Å². The van der Waals surface area contributed by atoms with E-state index in [4.69, 9.17) is 5.11 Å². The summed E-state index contributed by atoms with van der Waals surface area (Å²) in [4.78, 5) is 10.7. The molecule has 2 fully saturated rings. The second-order valence-corrected chi connectivity index (χ2v) is 5.27. The Morgan fingerprint density at radius 2 is 1.86 bits per heavy atom. The summed E-state index contributed by atoms with van der Waals surface area (Å²) < 4.78 is 0. The van der Waals surface area contributed by atoms with Gasteiger partial charge in [-0.3, -0.25) is 4.79 Å². The molecule has 2 saturated carbocycles. The zero-order chi connectivity index (χ0) is 10.0. The summed E-state index contributed by atoms with van der Waals surface area (Å²) in [6.45, 7) is 0. The Hall–Kier alpha value is -0.530. The van der Waals surface area contributed by atoms with E-state index >= 15 is 0 Å². The summed E-state index contributed by atoms with van der Waals surface area (Å²) in [5, 5.41) is 8.80. The first-order valence-electron chi connectivity index (χ1n) is 5.92. The zero-order valence-corrected chi connectivity index (χ0v) is 8.80. The molecule has 0 aromatic carbocycles. The van der Waals surface area contributed by atoms with Crippen LogP contribution in [0.4, 0.5) is 0 Å². The maximum atomic E-state index is 10.7. The van der Waals surface area contributed by atoms with E-state index in [1.54, 1.807) is 0 Å². The molecule has 2 rings (SSSR count). The van der Waals surface area contributed by atoms with E-state index in [1.807, 2.05) is 0 Å². The van der Waals surface area contributed by atoms with Gasteiger partial charge >= 0.3 is 5.97 Å². The van der Waals surface area contributed by atoms with Crippen LogP contribution in [0.5, 0.6) is 0 Å². The van der Waals surface area contributed by atoms with Crippen molar-refractivity contribution in [1.29, 1.82) is 0 Å². The van der Waals surface area contributed by atoms with Gasteiger partial charge in [-0.1, -0.05) is 19.3 Å². The van der Waals surface area contributed by atoms with Crippen LogP contribution in [0.2, 0.25) is 0 Å². The molecule has 80 valence electrons. The molecule has 1 N–H and O–H groups in total. The Morgan fingerprint density at radius 3 is 2.50 bits per heavy atom. The molecule has 14 heavy (non-hydrogen) atoms. The number of carbonyl (C=O) groups is 1. The lowest BCUT2D eigenvalue weighted by Gasteiger charge is -2.37. The highest BCUT2D eigenvalue weighted by Crippen LogP contribution is 2.51. The minimum Gasteiger partial charge on any atom is -0.481 e. The van der Waals surface area contributed by atoms with Gasteiger partial charge in [-0.05, 0) is 43.4 Å². The standard InChI is InChI=1S/C12H20O2/c13-11(14)8-10-4-3-7-12(9-10)5-1-2-6-12/h10H,1-9H2,(H,13,14). The van der Waals surface area contributed by atoms with Crippen LogP contribution in [-0.2, 0) is 4.79 Å². The molecule has 0 aromatic rings. The minimum absolute atomic E-state index is 0.405. The molecule has 2 nitrogen and oxygen atoms in total. The molecule has 1 spiro atoms. The van der Waals surface area contributed by atoms with Crippen molar-refractivity contribution in [3.05, 3.63) is 0 Å². The molecule has 0 aromatic heterocycles. The normalized spacial score (nSPS) is 30.7. The molecule has 2 heteroatoms. The van der Waals surface area contributed by atoms with Crippen molar-refractivity contribution in [1.82, 2.24) is 0 Å². The minimum atomic E-state index is -0.606. The molecule has 0 saturated heterocycles. The van der Waals surface area contributed by atoms with Gasteiger partial charge < -0.3 is 5.11 Å². The maximum Gasteiger partial charge on any atom is 0.303 e. The monoisotopic (exact) mass is 196 g/mol. The highest BCUT2D eigenvalue weighted by atomic mass is 16.4. The zero-order valence-electron chi connectivity index (χ0n) is 8.80. The van der Waals surface area contributed by atoms with Crippen molar-refractivity contribution >= 4 is 5.97 Å². The maximum absolute atomic E-state index is 10.7. The average Bonchev–Trinajstić information content (AvgIpc) is 2.52. The van der Waals surface area contributed by atoms with Crippen LogP contribution in [0.1, 0.15) is 57.8 Å². The molecular weight excluding hydrogens is 176 g/mol. The van der Waals surface area contributed by atoms with Gasteiger partial charge in [0.2, 0.25) is 0 Å². The van der Waals surface area contributed by atoms with E-state index in [1.165, 1.54) is 44.9 Å². The van der Waals surface area contributed by atoms with Gasteiger partial charge in [-0.25, -0.2) is 0 Å². The van der Waals surface area contributed by atoms with Crippen molar-refractivity contribution in [2.45, 2.75) is 57.8 Å². The molecule has 1 atom stereocenters. The van der Waals surface area contributed by atoms with Crippen LogP contribution in [0.25, 0.3) is 0 Å². The van der Waals surface area contributed by atoms with Crippen molar-refractivity contribution in [3.8, 4) is 0 Å². The second-order valence-electron chi connectivity index (χ2n) is 5.27. The van der Waals surface area contributed by atoms with Gasteiger partial charge in [0.05, 0.1) is 0 Å². The van der Waals surface area contributed by atoms with Gasteiger partial charge in [0.15, 0.2) is 0 Å². The fourth-order valence-electron chi connectivity index (χ4n) is 3.58. The van der Waals surface area contributed by atoms with E-state index < -0.39 is 5.97 Å². The number of aliphatic carboxylic acids is 1. The predicted molar refractivity (Wildman–Crippen MR) is 55.1 cm³/mol. The van der Waals surface area contributed by atoms with Gasteiger partial charge in [0, 0.05) is 6.42 Å². The van der Waals surface area contributed by atoms with E-state index in [0.29, 0.717) is 17.8 Å². The van der Waals surface area contributed by atoms with Crippen LogP contribution in [0.15, 0.2) is 0 Å². The lowest BCUT2D eigenvalue weighted by Crippen LogP contribution is -2.27.